The zero-order chi connectivity index (χ0) is 14.0. The van der Waals surface area contributed by atoms with Gasteiger partial charge < -0.3 is 5.32 Å². The summed E-state index contributed by atoms with van der Waals surface area (Å²) in [6.07, 6.45) is 2.25. The molecule has 1 fully saturated rings. The molecule has 1 aliphatic heterocycles. The van der Waals surface area contributed by atoms with Gasteiger partial charge in [0.05, 0.1) is 6.42 Å². The number of imide groups is 1. The maximum atomic E-state index is 12.1. The molecule has 0 spiro atoms. The third kappa shape index (κ3) is 2.92. The standard InChI is InChI=1S/C14H18N2O2S/c1-9(2)16-13(17)8-12(14(16)18)15-10-4-6-11(19-3)7-5-10/h4-7,9,12,15H,8H2,1-3H3. The topological polar surface area (TPSA) is 49.4 Å². The molecule has 0 aliphatic carbocycles. The molecular formula is C14H18N2O2S. The Morgan fingerprint density at radius 2 is 1.89 bits per heavy atom. The van der Waals surface area contributed by atoms with Crippen LogP contribution in [0.4, 0.5) is 5.69 Å². The molecule has 0 radical (unpaired) electrons. The van der Waals surface area contributed by atoms with Gasteiger partial charge >= 0.3 is 0 Å². The highest BCUT2D eigenvalue weighted by Crippen LogP contribution is 2.22. The Hall–Kier alpha value is -1.49. The van der Waals surface area contributed by atoms with E-state index < -0.39 is 6.04 Å². The van der Waals surface area contributed by atoms with Crippen molar-refractivity contribution >= 4 is 29.3 Å². The van der Waals surface area contributed by atoms with Crippen LogP contribution in [0.3, 0.4) is 0 Å². The van der Waals surface area contributed by atoms with E-state index in [0.717, 1.165) is 5.69 Å². The van der Waals surface area contributed by atoms with E-state index in [-0.39, 0.29) is 24.3 Å². The first-order valence-electron chi connectivity index (χ1n) is 6.29. The van der Waals surface area contributed by atoms with Gasteiger partial charge in [-0.1, -0.05) is 0 Å². The van der Waals surface area contributed by atoms with E-state index in [0.29, 0.717) is 0 Å². The number of rotatable bonds is 4. The van der Waals surface area contributed by atoms with E-state index in [9.17, 15) is 9.59 Å². The number of benzene rings is 1. The van der Waals surface area contributed by atoms with Crippen molar-refractivity contribution in [1.29, 1.82) is 0 Å². The van der Waals surface area contributed by atoms with Gasteiger partial charge in [0, 0.05) is 16.6 Å². The Morgan fingerprint density at radius 3 is 2.37 bits per heavy atom. The lowest BCUT2D eigenvalue weighted by Gasteiger charge is -2.19. The number of carbonyl (C=O) groups is 2. The average molecular weight is 278 g/mol. The summed E-state index contributed by atoms with van der Waals surface area (Å²) >= 11 is 1.67. The molecule has 1 aromatic carbocycles. The molecule has 0 bridgehead atoms. The van der Waals surface area contributed by atoms with Crippen LogP contribution in [0.5, 0.6) is 0 Å². The maximum absolute atomic E-state index is 12.1. The summed E-state index contributed by atoms with van der Waals surface area (Å²) in [6.45, 7) is 3.71. The van der Waals surface area contributed by atoms with Gasteiger partial charge in [-0.3, -0.25) is 14.5 Å². The maximum Gasteiger partial charge on any atom is 0.252 e. The first-order valence-corrected chi connectivity index (χ1v) is 7.52. The Balaban J connectivity index is 2.07. The number of hydrogen-bond acceptors (Lipinski definition) is 4. The molecule has 1 aromatic rings. The fraction of sp³-hybridized carbons (Fsp3) is 0.429. The molecule has 102 valence electrons. The van der Waals surface area contributed by atoms with Crippen LogP contribution in [0.25, 0.3) is 0 Å². The van der Waals surface area contributed by atoms with E-state index >= 15 is 0 Å². The molecule has 1 saturated heterocycles. The van der Waals surface area contributed by atoms with Crippen LogP contribution in [-0.4, -0.2) is 35.1 Å². The first kappa shape index (κ1) is 13.9. The van der Waals surface area contributed by atoms with Gasteiger partial charge in [0.25, 0.3) is 5.91 Å². The van der Waals surface area contributed by atoms with E-state index in [2.05, 4.69) is 5.32 Å². The number of likely N-dealkylation sites (tertiary alicyclic amines) is 1. The van der Waals surface area contributed by atoms with Crippen molar-refractivity contribution < 1.29 is 9.59 Å². The third-order valence-electron chi connectivity index (χ3n) is 3.13. The second kappa shape index (κ2) is 5.65. The Kier molecular flexibility index (Phi) is 4.14. The average Bonchev–Trinajstić information content (AvgIpc) is 2.65. The number of hydrogen-bond donors (Lipinski definition) is 1. The lowest BCUT2D eigenvalue weighted by Crippen LogP contribution is -2.39. The van der Waals surface area contributed by atoms with Crippen LogP contribution in [-0.2, 0) is 9.59 Å². The molecule has 1 N–H and O–H groups in total. The Labute approximate surface area is 117 Å². The Morgan fingerprint density at radius 1 is 1.26 bits per heavy atom. The van der Waals surface area contributed by atoms with Crippen molar-refractivity contribution in [3.63, 3.8) is 0 Å². The molecule has 2 rings (SSSR count). The second-order valence-electron chi connectivity index (χ2n) is 4.83. The molecule has 2 amide bonds. The highest BCUT2D eigenvalue weighted by Gasteiger charge is 2.39. The van der Waals surface area contributed by atoms with Gasteiger partial charge in [-0.15, -0.1) is 11.8 Å². The van der Waals surface area contributed by atoms with Crippen LogP contribution in [0.1, 0.15) is 20.3 Å². The van der Waals surface area contributed by atoms with Crippen molar-refractivity contribution in [2.24, 2.45) is 0 Å². The minimum atomic E-state index is -0.435. The van der Waals surface area contributed by atoms with Crippen LogP contribution < -0.4 is 5.32 Å². The summed E-state index contributed by atoms with van der Waals surface area (Å²) < 4.78 is 0. The van der Waals surface area contributed by atoms with Crippen LogP contribution in [0.2, 0.25) is 0 Å². The van der Waals surface area contributed by atoms with Crippen LogP contribution >= 0.6 is 11.8 Å². The summed E-state index contributed by atoms with van der Waals surface area (Å²) in [4.78, 5) is 26.4. The summed E-state index contributed by atoms with van der Waals surface area (Å²) in [6, 6.07) is 7.34. The van der Waals surface area contributed by atoms with Crippen LogP contribution in [0, 0.1) is 0 Å². The minimum absolute atomic E-state index is 0.0781. The number of carbonyl (C=O) groups excluding carboxylic acids is 2. The molecule has 0 aromatic heterocycles. The van der Waals surface area contributed by atoms with Crippen molar-refractivity contribution in [1.82, 2.24) is 4.90 Å². The first-order chi connectivity index (χ1) is 9.02. The molecule has 4 nitrogen and oxygen atoms in total. The van der Waals surface area contributed by atoms with E-state index in [1.54, 1.807) is 11.8 Å². The van der Waals surface area contributed by atoms with Gasteiger partial charge in [-0.25, -0.2) is 0 Å². The zero-order valence-corrected chi connectivity index (χ0v) is 12.2. The van der Waals surface area contributed by atoms with E-state index in [1.807, 2.05) is 44.4 Å². The predicted molar refractivity (Wildman–Crippen MR) is 77.2 cm³/mol. The number of nitrogens with zero attached hydrogens (tertiary/aromatic N) is 1. The summed E-state index contributed by atoms with van der Waals surface area (Å²) in [5.41, 5.74) is 0.870. The van der Waals surface area contributed by atoms with E-state index in [4.69, 9.17) is 0 Å². The van der Waals surface area contributed by atoms with Gasteiger partial charge in [-0.05, 0) is 44.4 Å². The quantitative estimate of drug-likeness (QED) is 0.678. The molecule has 5 heteroatoms. The fourth-order valence-corrected chi connectivity index (χ4v) is 2.60. The smallest absolute Gasteiger partial charge is 0.252 e. The molecule has 19 heavy (non-hydrogen) atoms. The fourth-order valence-electron chi connectivity index (χ4n) is 2.19. The third-order valence-corrected chi connectivity index (χ3v) is 3.87. The SMILES string of the molecule is CSc1ccc(NC2CC(=O)N(C(C)C)C2=O)cc1. The normalized spacial score (nSPS) is 19.4. The predicted octanol–water partition coefficient (Wildman–Crippen LogP) is 2.36. The van der Waals surface area contributed by atoms with Gasteiger partial charge in [0.2, 0.25) is 5.91 Å². The van der Waals surface area contributed by atoms with Gasteiger partial charge in [0.1, 0.15) is 6.04 Å². The van der Waals surface area contributed by atoms with Crippen LogP contribution in [0.15, 0.2) is 29.2 Å². The van der Waals surface area contributed by atoms with Crippen molar-refractivity contribution in [2.75, 3.05) is 11.6 Å². The molecule has 1 aliphatic rings. The number of amides is 2. The number of anilines is 1. The largest absolute Gasteiger partial charge is 0.373 e. The summed E-state index contributed by atoms with van der Waals surface area (Å²) in [5.74, 6) is -0.229. The lowest BCUT2D eigenvalue weighted by molar-refractivity contribution is -0.140. The molecule has 1 heterocycles. The number of nitrogens with one attached hydrogen (secondary N) is 1. The monoisotopic (exact) mass is 278 g/mol. The minimum Gasteiger partial charge on any atom is -0.373 e. The van der Waals surface area contributed by atoms with Crippen molar-refractivity contribution in [3.8, 4) is 0 Å². The highest BCUT2D eigenvalue weighted by atomic mass is 32.2. The molecular weight excluding hydrogens is 260 g/mol. The second-order valence-corrected chi connectivity index (χ2v) is 5.70. The lowest BCUT2D eigenvalue weighted by atomic mass is 10.2. The van der Waals surface area contributed by atoms with Crippen molar-refractivity contribution in [3.05, 3.63) is 24.3 Å². The highest BCUT2D eigenvalue weighted by molar-refractivity contribution is 7.98. The molecule has 0 saturated carbocycles. The molecule has 1 unspecified atom stereocenters. The summed E-state index contributed by atoms with van der Waals surface area (Å²) in [7, 11) is 0. The zero-order valence-electron chi connectivity index (χ0n) is 11.3. The Bertz CT molecular complexity index is 485. The van der Waals surface area contributed by atoms with Gasteiger partial charge in [-0.2, -0.15) is 0 Å². The number of thioether (sulfide) groups is 1. The molecule has 1 atom stereocenters. The van der Waals surface area contributed by atoms with Crippen molar-refractivity contribution in [2.45, 2.75) is 37.2 Å². The summed E-state index contributed by atoms with van der Waals surface area (Å²) in [5, 5.41) is 3.14. The van der Waals surface area contributed by atoms with E-state index in [1.165, 1.54) is 9.80 Å². The van der Waals surface area contributed by atoms with Gasteiger partial charge in [0.15, 0.2) is 0 Å².